The Morgan fingerprint density at radius 1 is 1.14 bits per heavy atom. The number of hydrogen-bond donors (Lipinski definition) is 0. The zero-order valence-corrected chi connectivity index (χ0v) is 13.6. The van der Waals surface area contributed by atoms with Gasteiger partial charge in [0.1, 0.15) is 0 Å². The summed E-state index contributed by atoms with van der Waals surface area (Å²) in [5, 5.41) is -0.726. The summed E-state index contributed by atoms with van der Waals surface area (Å²) in [7, 11) is 0. The van der Waals surface area contributed by atoms with Crippen molar-refractivity contribution in [2.45, 2.75) is 24.9 Å². The van der Waals surface area contributed by atoms with Crippen molar-refractivity contribution in [1.82, 2.24) is 0 Å². The predicted octanol–water partition coefficient (Wildman–Crippen LogP) is 6.30. The smallest absolute Gasteiger partial charge is 0.166 e. The average molecular weight is 378 g/mol. The van der Waals surface area contributed by atoms with Crippen LogP contribution in [0.25, 0.3) is 0 Å². The van der Waals surface area contributed by atoms with Crippen LogP contribution >= 0.6 is 27.5 Å². The molecule has 0 saturated carbocycles. The van der Waals surface area contributed by atoms with Gasteiger partial charge in [0.25, 0.3) is 0 Å². The van der Waals surface area contributed by atoms with Gasteiger partial charge in [-0.05, 0) is 42.2 Å². The third-order valence-corrected chi connectivity index (χ3v) is 4.20. The van der Waals surface area contributed by atoms with Gasteiger partial charge in [-0.2, -0.15) is 13.2 Å². The molecule has 0 fully saturated rings. The number of aryl methyl sites for hydroxylation is 1. The molecule has 5 heteroatoms. The first-order valence-electron chi connectivity index (χ1n) is 6.34. The van der Waals surface area contributed by atoms with E-state index in [4.69, 9.17) is 11.6 Å². The van der Waals surface area contributed by atoms with E-state index in [-0.39, 0.29) is 5.56 Å². The Kier molecular flexibility index (Phi) is 4.99. The van der Waals surface area contributed by atoms with Gasteiger partial charge in [-0.15, -0.1) is 11.6 Å². The molecule has 2 rings (SSSR count). The Morgan fingerprint density at radius 3 is 2.43 bits per heavy atom. The van der Waals surface area contributed by atoms with Crippen LogP contribution in [0, 0.1) is 6.92 Å². The molecule has 2 aromatic carbocycles. The molecule has 0 radical (unpaired) electrons. The maximum Gasteiger partial charge on any atom is 0.416 e. The van der Waals surface area contributed by atoms with E-state index in [1.54, 1.807) is 6.07 Å². The van der Waals surface area contributed by atoms with Crippen LogP contribution < -0.4 is 0 Å². The van der Waals surface area contributed by atoms with Gasteiger partial charge in [0, 0.05) is 4.47 Å². The lowest BCUT2D eigenvalue weighted by molar-refractivity contribution is -0.138. The summed E-state index contributed by atoms with van der Waals surface area (Å²) in [6.07, 6.45) is -4.06. The fraction of sp³-hybridized carbons (Fsp3) is 0.250. The van der Waals surface area contributed by atoms with Crippen molar-refractivity contribution in [3.05, 3.63) is 69.2 Å². The molecule has 0 heterocycles. The molecule has 21 heavy (non-hydrogen) atoms. The molecule has 0 nitrogen and oxygen atoms in total. The number of hydrogen-bond acceptors (Lipinski definition) is 0. The van der Waals surface area contributed by atoms with E-state index in [2.05, 4.69) is 15.9 Å². The van der Waals surface area contributed by atoms with E-state index in [1.165, 1.54) is 6.07 Å². The third kappa shape index (κ3) is 4.01. The summed E-state index contributed by atoms with van der Waals surface area (Å²) < 4.78 is 39.8. The van der Waals surface area contributed by atoms with Crippen LogP contribution in [0.2, 0.25) is 0 Å². The molecular formula is C16H13BrClF3. The highest BCUT2D eigenvalue weighted by Crippen LogP contribution is 2.39. The minimum Gasteiger partial charge on any atom is -0.166 e. The first-order valence-corrected chi connectivity index (χ1v) is 7.57. The van der Waals surface area contributed by atoms with E-state index >= 15 is 0 Å². The van der Waals surface area contributed by atoms with Gasteiger partial charge in [-0.3, -0.25) is 0 Å². The normalized spacial score (nSPS) is 13.2. The SMILES string of the molecule is Cc1ccccc1CC(Cl)c1ccc(Br)cc1C(F)(F)F. The van der Waals surface area contributed by atoms with Crippen molar-refractivity contribution in [3.63, 3.8) is 0 Å². The molecular weight excluding hydrogens is 365 g/mol. The van der Waals surface area contributed by atoms with Crippen LogP contribution in [-0.4, -0.2) is 0 Å². The number of alkyl halides is 4. The molecule has 1 atom stereocenters. The Labute approximate surface area is 135 Å². The lowest BCUT2D eigenvalue weighted by atomic mass is 9.97. The molecule has 0 amide bonds. The van der Waals surface area contributed by atoms with E-state index in [0.29, 0.717) is 10.9 Å². The average Bonchev–Trinajstić information content (AvgIpc) is 2.40. The summed E-state index contributed by atoms with van der Waals surface area (Å²) in [5.74, 6) is 0. The van der Waals surface area contributed by atoms with Crippen molar-refractivity contribution < 1.29 is 13.2 Å². The molecule has 2 aromatic rings. The Hall–Kier alpha value is -1.00. The van der Waals surface area contributed by atoms with Gasteiger partial charge < -0.3 is 0 Å². The van der Waals surface area contributed by atoms with Gasteiger partial charge in [0.15, 0.2) is 0 Å². The van der Waals surface area contributed by atoms with Gasteiger partial charge in [0.2, 0.25) is 0 Å². The van der Waals surface area contributed by atoms with Crippen molar-refractivity contribution in [2.24, 2.45) is 0 Å². The van der Waals surface area contributed by atoms with Gasteiger partial charge in [0.05, 0.1) is 10.9 Å². The molecule has 1 unspecified atom stereocenters. The molecule has 0 spiro atoms. The van der Waals surface area contributed by atoms with E-state index < -0.39 is 17.1 Å². The highest BCUT2D eigenvalue weighted by atomic mass is 79.9. The third-order valence-electron chi connectivity index (χ3n) is 3.32. The second-order valence-corrected chi connectivity index (χ2v) is 6.27. The summed E-state index contributed by atoms with van der Waals surface area (Å²) in [4.78, 5) is 0. The van der Waals surface area contributed by atoms with Crippen LogP contribution in [0.15, 0.2) is 46.9 Å². The number of benzene rings is 2. The fourth-order valence-corrected chi connectivity index (χ4v) is 2.91. The first kappa shape index (κ1) is 16.4. The van der Waals surface area contributed by atoms with Crippen LogP contribution in [0.5, 0.6) is 0 Å². The Bertz CT molecular complexity index is 638. The quantitative estimate of drug-likeness (QED) is 0.551. The van der Waals surface area contributed by atoms with Crippen LogP contribution in [0.3, 0.4) is 0 Å². The van der Waals surface area contributed by atoms with Crippen LogP contribution in [-0.2, 0) is 12.6 Å². The van der Waals surface area contributed by atoms with Crippen molar-refractivity contribution >= 4 is 27.5 Å². The van der Waals surface area contributed by atoms with Crippen molar-refractivity contribution in [1.29, 1.82) is 0 Å². The van der Waals surface area contributed by atoms with Gasteiger partial charge in [-0.25, -0.2) is 0 Å². The first-order chi connectivity index (χ1) is 9.79. The largest absolute Gasteiger partial charge is 0.416 e. The molecule has 0 N–H and O–H groups in total. The lowest BCUT2D eigenvalue weighted by Gasteiger charge is -2.18. The standard InChI is InChI=1S/C16H13BrClF3/c1-10-4-2-3-5-11(10)8-15(18)13-7-6-12(17)9-14(13)16(19,20)21/h2-7,9,15H,8H2,1H3. The lowest BCUT2D eigenvalue weighted by Crippen LogP contribution is -2.11. The minimum absolute atomic E-state index is 0.107. The maximum atomic E-state index is 13.1. The molecule has 0 saturated heterocycles. The monoisotopic (exact) mass is 376 g/mol. The number of rotatable bonds is 3. The predicted molar refractivity (Wildman–Crippen MR) is 82.6 cm³/mol. The Balaban J connectivity index is 2.36. The minimum atomic E-state index is -4.42. The second-order valence-electron chi connectivity index (χ2n) is 4.83. The van der Waals surface area contributed by atoms with Crippen LogP contribution in [0.4, 0.5) is 13.2 Å². The topological polar surface area (TPSA) is 0 Å². The molecule has 0 bridgehead atoms. The highest BCUT2D eigenvalue weighted by Gasteiger charge is 2.35. The highest BCUT2D eigenvalue weighted by molar-refractivity contribution is 9.10. The molecule has 0 aliphatic carbocycles. The second kappa shape index (κ2) is 6.41. The molecule has 112 valence electrons. The molecule has 0 aliphatic heterocycles. The van der Waals surface area contributed by atoms with Crippen molar-refractivity contribution in [2.75, 3.05) is 0 Å². The zero-order valence-electron chi connectivity index (χ0n) is 11.2. The maximum absolute atomic E-state index is 13.1. The van der Waals surface area contributed by atoms with Gasteiger partial charge >= 0.3 is 6.18 Å². The Morgan fingerprint density at radius 2 is 1.81 bits per heavy atom. The van der Waals surface area contributed by atoms with Crippen LogP contribution in [0.1, 0.15) is 27.6 Å². The summed E-state index contributed by atoms with van der Waals surface area (Å²) >= 11 is 9.33. The summed E-state index contributed by atoms with van der Waals surface area (Å²) in [6, 6.07) is 11.6. The molecule has 0 aromatic heterocycles. The fourth-order valence-electron chi connectivity index (χ4n) is 2.19. The summed E-state index contributed by atoms with van der Waals surface area (Å²) in [6.45, 7) is 1.92. The summed E-state index contributed by atoms with van der Waals surface area (Å²) in [5.41, 5.74) is 1.39. The van der Waals surface area contributed by atoms with E-state index in [1.807, 2.05) is 31.2 Å². The van der Waals surface area contributed by atoms with Gasteiger partial charge in [-0.1, -0.05) is 46.3 Å². The molecule has 0 aliphatic rings. The van der Waals surface area contributed by atoms with E-state index in [9.17, 15) is 13.2 Å². The van der Waals surface area contributed by atoms with Crippen molar-refractivity contribution in [3.8, 4) is 0 Å². The number of halogens is 5. The van der Waals surface area contributed by atoms with E-state index in [0.717, 1.165) is 17.2 Å². The zero-order chi connectivity index (χ0) is 15.6.